The minimum absolute atomic E-state index is 0.0219. The fourth-order valence-corrected chi connectivity index (χ4v) is 2.46. The molecular weight excluding hydrogens is 250 g/mol. The topological polar surface area (TPSA) is 44.4 Å². The Bertz CT molecular complexity index is 465. The Hall–Kier alpha value is -1.55. The van der Waals surface area contributed by atoms with Crippen LogP contribution in [-0.2, 0) is 0 Å². The SMILES string of the molecule is Cc1cc(C(=O)NCC(C)C)ccc1N1CCNCC1. The van der Waals surface area contributed by atoms with Crippen LogP contribution < -0.4 is 15.5 Å². The summed E-state index contributed by atoms with van der Waals surface area (Å²) in [5, 5.41) is 6.32. The molecule has 20 heavy (non-hydrogen) atoms. The predicted octanol–water partition coefficient (Wildman–Crippen LogP) is 1.79. The molecule has 110 valence electrons. The third kappa shape index (κ3) is 3.73. The van der Waals surface area contributed by atoms with Gasteiger partial charge in [0.15, 0.2) is 0 Å². The highest BCUT2D eigenvalue weighted by Gasteiger charge is 2.14. The van der Waals surface area contributed by atoms with Crippen LogP contribution >= 0.6 is 0 Å². The molecule has 1 aromatic carbocycles. The Morgan fingerprint density at radius 3 is 2.65 bits per heavy atom. The van der Waals surface area contributed by atoms with Crippen molar-refractivity contribution >= 4 is 11.6 Å². The molecule has 0 aromatic heterocycles. The maximum absolute atomic E-state index is 12.1. The molecule has 1 aliphatic heterocycles. The lowest BCUT2D eigenvalue weighted by Crippen LogP contribution is -2.43. The number of benzene rings is 1. The Kier molecular flexibility index (Phi) is 5.01. The Morgan fingerprint density at radius 2 is 2.05 bits per heavy atom. The second-order valence-electron chi connectivity index (χ2n) is 5.84. The number of carbonyl (C=O) groups is 1. The molecule has 1 heterocycles. The number of amides is 1. The summed E-state index contributed by atoms with van der Waals surface area (Å²) in [7, 11) is 0. The number of hydrogen-bond acceptors (Lipinski definition) is 3. The summed E-state index contributed by atoms with van der Waals surface area (Å²) in [6.07, 6.45) is 0. The van der Waals surface area contributed by atoms with Crippen LogP contribution in [0.3, 0.4) is 0 Å². The normalized spacial score (nSPS) is 15.5. The molecule has 4 nitrogen and oxygen atoms in total. The fourth-order valence-electron chi connectivity index (χ4n) is 2.46. The van der Waals surface area contributed by atoms with Crippen molar-refractivity contribution in [1.82, 2.24) is 10.6 Å². The Labute approximate surface area is 121 Å². The van der Waals surface area contributed by atoms with E-state index in [1.54, 1.807) is 0 Å². The van der Waals surface area contributed by atoms with Gasteiger partial charge in [-0.1, -0.05) is 13.8 Å². The summed E-state index contributed by atoms with van der Waals surface area (Å²) in [6, 6.07) is 6.00. The van der Waals surface area contributed by atoms with Crippen LogP contribution in [0, 0.1) is 12.8 Å². The maximum Gasteiger partial charge on any atom is 0.251 e. The van der Waals surface area contributed by atoms with Crippen LogP contribution in [0.1, 0.15) is 29.8 Å². The van der Waals surface area contributed by atoms with Gasteiger partial charge in [0.25, 0.3) is 5.91 Å². The third-order valence-corrected chi connectivity index (χ3v) is 3.59. The highest BCUT2D eigenvalue weighted by molar-refractivity contribution is 5.94. The summed E-state index contributed by atoms with van der Waals surface area (Å²) in [6.45, 7) is 11.1. The molecule has 1 saturated heterocycles. The van der Waals surface area contributed by atoms with Gasteiger partial charge in [0.1, 0.15) is 0 Å². The molecule has 2 N–H and O–H groups in total. The molecule has 4 heteroatoms. The molecule has 2 rings (SSSR count). The van der Waals surface area contributed by atoms with E-state index in [1.807, 2.05) is 12.1 Å². The van der Waals surface area contributed by atoms with Crippen molar-refractivity contribution in [2.45, 2.75) is 20.8 Å². The molecule has 1 aliphatic rings. The number of aryl methyl sites for hydroxylation is 1. The number of carbonyl (C=O) groups excluding carboxylic acids is 1. The van der Waals surface area contributed by atoms with E-state index in [4.69, 9.17) is 0 Å². The number of piperazine rings is 1. The molecule has 0 aliphatic carbocycles. The van der Waals surface area contributed by atoms with Crippen molar-refractivity contribution in [2.75, 3.05) is 37.6 Å². The first-order valence-electron chi connectivity index (χ1n) is 7.42. The molecule has 0 spiro atoms. The van der Waals surface area contributed by atoms with E-state index in [0.29, 0.717) is 5.92 Å². The highest BCUT2D eigenvalue weighted by atomic mass is 16.1. The van der Waals surface area contributed by atoms with Gasteiger partial charge < -0.3 is 15.5 Å². The van der Waals surface area contributed by atoms with Crippen LogP contribution in [0.5, 0.6) is 0 Å². The first-order valence-corrected chi connectivity index (χ1v) is 7.42. The van der Waals surface area contributed by atoms with Crippen molar-refractivity contribution in [3.05, 3.63) is 29.3 Å². The van der Waals surface area contributed by atoms with E-state index in [-0.39, 0.29) is 5.91 Å². The van der Waals surface area contributed by atoms with Crippen LogP contribution in [0.2, 0.25) is 0 Å². The lowest BCUT2D eigenvalue weighted by Gasteiger charge is -2.30. The molecular formula is C16H25N3O. The zero-order valence-corrected chi connectivity index (χ0v) is 12.7. The van der Waals surface area contributed by atoms with Crippen LogP contribution in [-0.4, -0.2) is 38.6 Å². The molecule has 0 bridgehead atoms. The van der Waals surface area contributed by atoms with Crippen molar-refractivity contribution in [3.63, 3.8) is 0 Å². The van der Waals surface area contributed by atoms with E-state index < -0.39 is 0 Å². The number of nitrogens with zero attached hydrogens (tertiary/aromatic N) is 1. The van der Waals surface area contributed by atoms with Crippen LogP contribution in [0.25, 0.3) is 0 Å². The summed E-state index contributed by atoms with van der Waals surface area (Å²) >= 11 is 0. The predicted molar refractivity (Wildman–Crippen MR) is 83.4 cm³/mol. The average Bonchev–Trinajstić information content (AvgIpc) is 2.45. The highest BCUT2D eigenvalue weighted by Crippen LogP contribution is 2.21. The average molecular weight is 275 g/mol. The van der Waals surface area contributed by atoms with Gasteiger partial charge in [-0.2, -0.15) is 0 Å². The standard InChI is InChI=1S/C16H25N3O/c1-12(2)11-18-16(20)14-4-5-15(13(3)10-14)19-8-6-17-7-9-19/h4-5,10,12,17H,6-9,11H2,1-3H3,(H,18,20). The maximum atomic E-state index is 12.1. The van der Waals surface area contributed by atoms with Gasteiger partial charge in [-0.05, 0) is 36.6 Å². The third-order valence-electron chi connectivity index (χ3n) is 3.59. The monoisotopic (exact) mass is 275 g/mol. The summed E-state index contributed by atoms with van der Waals surface area (Å²) in [4.78, 5) is 14.4. The van der Waals surface area contributed by atoms with Gasteiger partial charge in [-0.15, -0.1) is 0 Å². The van der Waals surface area contributed by atoms with Gasteiger partial charge in [0, 0.05) is 44.0 Å². The molecule has 1 fully saturated rings. The quantitative estimate of drug-likeness (QED) is 0.880. The summed E-state index contributed by atoms with van der Waals surface area (Å²) < 4.78 is 0. The van der Waals surface area contributed by atoms with Gasteiger partial charge in [0.2, 0.25) is 0 Å². The molecule has 0 saturated carbocycles. The number of nitrogens with one attached hydrogen (secondary N) is 2. The van der Waals surface area contributed by atoms with E-state index in [1.165, 1.54) is 11.3 Å². The van der Waals surface area contributed by atoms with Gasteiger partial charge >= 0.3 is 0 Å². The minimum Gasteiger partial charge on any atom is -0.369 e. The van der Waals surface area contributed by atoms with Crippen LogP contribution in [0.15, 0.2) is 18.2 Å². The fraction of sp³-hybridized carbons (Fsp3) is 0.562. The zero-order chi connectivity index (χ0) is 14.5. The lowest BCUT2D eigenvalue weighted by atomic mass is 10.1. The molecule has 0 atom stereocenters. The Balaban J connectivity index is 2.06. The van der Waals surface area contributed by atoms with Crippen molar-refractivity contribution in [3.8, 4) is 0 Å². The number of hydrogen-bond donors (Lipinski definition) is 2. The first kappa shape index (κ1) is 14.9. The molecule has 1 amide bonds. The van der Waals surface area contributed by atoms with Crippen molar-refractivity contribution in [2.24, 2.45) is 5.92 Å². The second-order valence-corrected chi connectivity index (χ2v) is 5.84. The van der Waals surface area contributed by atoms with Crippen molar-refractivity contribution < 1.29 is 4.79 Å². The number of rotatable bonds is 4. The molecule has 1 aromatic rings. The van der Waals surface area contributed by atoms with E-state index in [9.17, 15) is 4.79 Å². The zero-order valence-electron chi connectivity index (χ0n) is 12.7. The summed E-state index contributed by atoms with van der Waals surface area (Å²) in [5.74, 6) is 0.494. The van der Waals surface area contributed by atoms with E-state index in [0.717, 1.165) is 38.3 Å². The molecule has 0 radical (unpaired) electrons. The summed E-state index contributed by atoms with van der Waals surface area (Å²) in [5.41, 5.74) is 3.16. The van der Waals surface area contributed by atoms with Gasteiger partial charge in [-0.25, -0.2) is 0 Å². The molecule has 0 unspecified atom stereocenters. The largest absolute Gasteiger partial charge is 0.369 e. The second kappa shape index (κ2) is 6.75. The van der Waals surface area contributed by atoms with Gasteiger partial charge in [0.05, 0.1) is 0 Å². The van der Waals surface area contributed by atoms with Crippen molar-refractivity contribution in [1.29, 1.82) is 0 Å². The minimum atomic E-state index is 0.0219. The first-order chi connectivity index (χ1) is 9.58. The Morgan fingerprint density at radius 1 is 1.35 bits per heavy atom. The van der Waals surface area contributed by atoms with E-state index in [2.05, 4.69) is 42.4 Å². The van der Waals surface area contributed by atoms with E-state index >= 15 is 0 Å². The smallest absolute Gasteiger partial charge is 0.251 e. The number of anilines is 1. The van der Waals surface area contributed by atoms with Crippen LogP contribution in [0.4, 0.5) is 5.69 Å². The van der Waals surface area contributed by atoms with Gasteiger partial charge in [-0.3, -0.25) is 4.79 Å². The lowest BCUT2D eigenvalue weighted by molar-refractivity contribution is 0.0949.